The molecule has 1 rings (SSSR count). The Kier molecular flexibility index (Phi) is 2.32. The SMILES string of the molecule is O=S(=O)(O)c1cccc(N[O-])c1. The van der Waals surface area contributed by atoms with Crippen molar-refractivity contribution in [1.82, 2.24) is 0 Å². The average Bonchev–Trinajstić information content (AvgIpc) is 2.03. The van der Waals surface area contributed by atoms with Crippen LogP contribution in [0.15, 0.2) is 29.2 Å². The predicted octanol–water partition coefficient (Wildman–Crippen LogP) is 0.843. The molecule has 0 saturated carbocycles. The highest BCUT2D eigenvalue weighted by Crippen LogP contribution is 2.14. The second kappa shape index (κ2) is 3.10. The zero-order valence-electron chi connectivity index (χ0n) is 5.89. The summed E-state index contributed by atoms with van der Waals surface area (Å²) in [5.41, 5.74) is 1.60. The molecule has 1 aromatic rings. The monoisotopic (exact) mass is 188 g/mol. The molecule has 0 amide bonds. The summed E-state index contributed by atoms with van der Waals surface area (Å²) in [6, 6.07) is 4.98. The van der Waals surface area contributed by atoms with E-state index in [0.717, 1.165) is 6.07 Å². The van der Waals surface area contributed by atoms with Crippen molar-refractivity contribution in [1.29, 1.82) is 0 Å². The highest BCUT2D eigenvalue weighted by molar-refractivity contribution is 7.85. The molecular formula is C6H6NO4S-. The molecule has 0 aliphatic heterocycles. The molecule has 0 aliphatic carbocycles. The molecular weight excluding hydrogens is 182 g/mol. The van der Waals surface area contributed by atoms with Gasteiger partial charge in [0.2, 0.25) is 0 Å². The first-order valence-electron chi connectivity index (χ1n) is 3.00. The van der Waals surface area contributed by atoms with Gasteiger partial charge in [0, 0.05) is 5.69 Å². The minimum Gasteiger partial charge on any atom is -0.761 e. The summed E-state index contributed by atoms with van der Waals surface area (Å²) in [6.45, 7) is 0. The van der Waals surface area contributed by atoms with Gasteiger partial charge in [0.05, 0.1) is 4.90 Å². The molecule has 0 unspecified atom stereocenters. The number of hydrogen-bond acceptors (Lipinski definition) is 4. The van der Waals surface area contributed by atoms with Crippen molar-refractivity contribution >= 4 is 15.8 Å². The minimum atomic E-state index is -4.21. The standard InChI is InChI=1S/C6H6NO4S/c8-7-5-2-1-3-6(4-5)12(9,10)11/h1-4,7H,(H,9,10,11)/q-1. The highest BCUT2D eigenvalue weighted by atomic mass is 32.2. The van der Waals surface area contributed by atoms with Crippen molar-refractivity contribution in [2.75, 3.05) is 5.48 Å². The van der Waals surface area contributed by atoms with E-state index in [4.69, 9.17) is 4.55 Å². The Hall–Kier alpha value is -1.11. The number of benzene rings is 1. The zero-order valence-corrected chi connectivity index (χ0v) is 6.71. The van der Waals surface area contributed by atoms with Crippen molar-refractivity contribution in [3.8, 4) is 0 Å². The van der Waals surface area contributed by atoms with Crippen molar-refractivity contribution in [2.45, 2.75) is 4.90 Å². The molecule has 0 atom stereocenters. The second-order valence-corrected chi connectivity index (χ2v) is 3.53. The summed E-state index contributed by atoms with van der Waals surface area (Å²) in [7, 11) is -4.21. The van der Waals surface area contributed by atoms with Gasteiger partial charge in [-0.3, -0.25) is 4.55 Å². The highest BCUT2D eigenvalue weighted by Gasteiger charge is 2.07. The third kappa shape index (κ3) is 1.94. The van der Waals surface area contributed by atoms with E-state index < -0.39 is 10.1 Å². The Morgan fingerprint density at radius 2 is 2.08 bits per heavy atom. The smallest absolute Gasteiger partial charge is 0.294 e. The van der Waals surface area contributed by atoms with Crippen LogP contribution in [-0.4, -0.2) is 13.0 Å². The molecule has 0 heterocycles. The van der Waals surface area contributed by atoms with Crippen LogP contribution in [0.3, 0.4) is 0 Å². The molecule has 0 spiro atoms. The molecule has 0 fully saturated rings. The fraction of sp³-hybridized carbons (Fsp3) is 0. The Morgan fingerprint density at radius 3 is 2.58 bits per heavy atom. The molecule has 0 bridgehead atoms. The van der Waals surface area contributed by atoms with E-state index in [0.29, 0.717) is 0 Å². The predicted molar refractivity (Wildman–Crippen MR) is 43.2 cm³/mol. The first-order valence-corrected chi connectivity index (χ1v) is 4.44. The maximum atomic E-state index is 10.5. The van der Waals surface area contributed by atoms with Gasteiger partial charge < -0.3 is 10.7 Å². The molecule has 2 N–H and O–H groups in total. The Balaban J connectivity index is 3.20. The summed E-state index contributed by atoms with van der Waals surface area (Å²) < 4.78 is 29.6. The van der Waals surface area contributed by atoms with E-state index in [-0.39, 0.29) is 10.6 Å². The van der Waals surface area contributed by atoms with Crippen LogP contribution in [0.1, 0.15) is 0 Å². The molecule has 5 nitrogen and oxygen atoms in total. The first kappa shape index (κ1) is 8.98. The number of anilines is 1. The van der Waals surface area contributed by atoms with Crippen LogP contribution in [0.25, 0.3) is 0 Å². The molecule has 0 saturated heterocycles. The zero-order chi connectivity index (χ0) is 9.19. The van der Waals surface area contributed by atoms with E-state index >= 15 is 0 Å². The lowest BCUT2D eigenvalue weighted by Crippen LogP contribution is -1.98. The maximum absolute atomic E-state index is 10.5. The molecule has 66 valence electrons. The third-order valence-electron chi connectivity index (χ3n) is 1.25. The van der Waals surface area contributed by atoms with Gasteiger partial charge in [0.25, 0.3) is 10.1 Å². The normalized spacial score (nSPS) is 11.2. The van der Waals surface area contributed by atoms with Crippen LogP contribution < -0.4 is 5.48 Å². The largest absolute Gasteiger partial charge is 0.761 e. The first-order chi connectivity index (χ1) is 5.54. The van der Waals surface area contributed by atoms with E-state index in [9.17, 15) is 13.6 Å². The summed E-state index contributed by atoms with van der Waals surface area (Å²) in [5.74, 6) is 0. The van der Waals surface area contributed by atoms with E-state index in [2.05, 4.69) is 0 Å². The van der Waals surface area contributed by atoms with E-state index in [1.54, 1.807) is 0 Å². The van der Waals surface area contributed by atoms with Gasteiger partial charge in [-0.2, -0.15) is 8.42 Å². The number of rotatable bonds is 2. The van der Waals surface area contributed by atoms with Crippen molar-refractivity contribution < 1.29 is 13.0 Å². The molecule has 0 aliphatic rings. The summed E-state index contributed by atoms with van der Waals surface area (Å²) in [6.07, 6.45) is 0. The maximum Gasteiger partial charge on any atom is 0.294 e. The fourth-order valence-electron chi connectivity index (χ4n) is 0.720. The third-order valence-corrected chi connectivity index (χ3v) is 2.10. The summed E-state index contributed by atoms with van der Waals surface area (Å²) >= 11 is 0. The molecule has 12 heavy (non-hydrogen) atoms. The van der Waals surface area contributed by atoms with Crippen LogP contribution in [0, 0.1) is 5.21 Å². The van der Waals surface area contributed by atoms with Gasteiger partial charge in [-0.05, 0) is 18.2 Å². The van der Waals surface area contributed by atoms with Crippen LogP contribution >= 0.6 is 0 Å². The van der Waals surface area contributed by atoms with Crippen LogP contribution in [-0.2, 0) is 10.1 Å². The van der Waals surface area contributed by atoms with Crippen molar-refractivity contribution in [2.24, 2.45) is 0 Å². The van der Waals surface area contributed by atoms with Crippen molar-refractivity contribution in [3.05, 3.63) is 29.5 Å². The van der Waals surface area contributed by atoms with E-state index in [1.807, 2.05) is 0 Å². The van der Waals surface area contributed by atoms with Gasteiger partial charge in [-0.1, -0.05) is 6.07 Å². The number of hydrogen-bond donors (Lipinski definition) is 2. The Bertz CT molecular complexity index is 373. The topological polar surface area (TPSA) is 89.5 Å². The molecule has 1 aromatic carbocycles. The van der Waals surface area contributed by atoms with Crippen LogP contribution in [0.2, 0.25) is 0 Å². The lowest BCUT2D eigenvalue weighted by atomic mass is 10.3. The average molecular weight is 188 g/mol. The van der Waals surface area contributed by atoms with Gasteiger partial charge >= 0.3 is 0 Å². The van der Waals surface area contributed by atoms with Crippen molar-refractivity contribution in [3.63, 3.8) is 0 Å². The van der Waals surface area contributed by atoms with Gasteiger partial charge in [0.1, 0.15) is 0 Å². The Labute approximate surface area is 69.4 Å². The quantitative estimate of drug-likeness (QED) is 0.530. The number of nitrogens with one attached hydrogen (secondary N) is 1. The minimum absolute atomic E-state index is 0.0881. The lowest BCUT2D eigenvalue weighted by molar-refractivity contribution is 0.483. The van der Waals surface area contributed by atoms with Gasteiger partial charge in [0.15, 0.2) is 0 Å². The van der Waals surface area contributed by atoms with Gasteiger partial charge in [-0.25, -0.2) is 0 Å². The second-order valence-electron chi connectivity index (χ2n) is 2.10. The Morgan fingerprint density at radius 1 is 1.42 bits per heavy atom. The fourth-order valence-corrected chi connectivity index (χ4v) is 1.25. The van der Waals surface area contributed by atoms with Gasteiger partial charge in [-0.15, -0.1) is 0 Å². The van der Waals surface area contributed by atoms with Crippen LogP contribution in [0.4, 0.5) is 5.69 Å². The molecule has 0 radical (unpaired) electrons. The lowest BCUT2D eigenvalue weighted by Gasteiger charge is -2.08. The molecule has 0 aromatic heterocycles. The van der Waals surface area contributed by atoms with Crippen LogP contribution in [0.5, 0.6) is 0 Å². The molecule has 6 heteroatoms. The summed E-state index contributed by atoms with van der Waals surface area (Å²) in [4.78, 5) is -0.302. The van der Waals surface area contributed by atoms with E-state index in [1.165, 1.54) is 23.7 Å². The summed E-state index contributed by atoms with van der Waals surface area (Å²) in [5, 5.41) is 10.1.